The quantitative estimate of drug-likeness (QED) is 0.782. The highest BCUT2D eigenvalue weighted by atomic mass is 35.5. The number of carbonyl (C=O) groups excluding carboxylic acids is 1. The maximum Gasteiger partial charge on any atom is 0.319 e. The number of benzene rings is 1. The lowest BCUT2D eigenvalue weighted by Crippen LogP contribution is -2.36. The van der Waals surface area contributed by atoms with Gasteiger partial charge in [0.15, 0.2) is 6.79 Å². The lowest BCUT2D eigenvalue weighted by atomic mass is 10.1. The first kappa shape index (κ1) is 16.1. The topological polar surface area (TPSA) is 48.0 Å². The molecule has 2 rings (SSSR count). The number of rotatable bonds is 5. The molecule has 1 aliphatic heterocycles. The average molecular weight is 314 g/mol. The number of ether oxygens (including phenoxy) is 3. The Bertz CT molecular complexity index is 519. The largest absolute Gasteiger partial charge is 0.468 e. The summed E-state index contributed by atoms with van der Waals surface area (Å²) in [6, 6.07) is 3.91. The molecule has 1 aliphatic rings. The number of nitrogens with zero attached hydrogens (tertiary/aromatic N) is 1. The van der Waals surface area contributed by atoms with E-state index < -0.39 is 0 Å². The van der Waals surface area contributed by atoms with Crippen molar-refractivity contribution in [1.29, 1.82) is 0 Å². The van der Waals surface area contributed by atoms with Crippen LogP contribution >= 0.6 is 11.6 Å². The molecule has 0 atom stereocenters. The summed E-state index contributed by atoms with van der Waals surface area (Å²) in [4.78, 5) is 13.5. The molecular formula is C15H20ClNO4. The molecule has 0 aromatic heterocycles. The van der Waals surface area contributed by atoms with Crippen LogP contribution in [0.5, 0.6) is 5.75 Å². The average Bonchev–Trinajstić information content (AvgIpc) is 2.45. The van der Waals surface area contributed by atoms with Gasteiger partial charge in [0.05, 0.1) is 20.3 Å². The van der Waals surface area contributed by atoms with Gasteiger partial charge in [-0.2, -0.15) is 0 Å². The normalized spacial score (nSPS) is 14.0. The van der Waals surface area contributed by atoms with Crippen molar-refractivity contribution in [2.75, 3.05) is 20.4 Å². The first-order valence-corrected chi connectivity index (χ1v) is 7.21. The molecule has 0 amide bonds. The van der Waals surface area contributed by atoms with Crippen molar-refractivity contribution in [3.63, 3.8) is 0 Å². The Kier molecular flexibility index (Phi) is 5.45. The molecule has 116 valence electrons. The SMILES string of the molecule is COC(=O)CN(Cc1cc(Cl)cc2c1OCOC2)C(C)C. The van der Waals surface area contributed by atoms with E-state index in [2.05, 4.69) is 0 Å². The third kappa shape index (κ3) is 4.09. The smallest absolute Gasteiger partial charge is 0.319 e. The van der Waals surface area contributed by atoms with E-state index >= 15 is 0 Å². The van der Waals surface area contributed by atoms with Crippen molar-refractivity contribution < 1.29 is 19.0 Å². The molecule has 1 aromatic carbocycles. The summed E-state index contributed by atoms with van der Waals surface area (Å²) in [5.41, 5.74) is 1.89. The molecule has 6 heteroatoms. The standard InChI is InChI=1S/C15H20ClNO4/c1-10(2)17(7-14(18)19-3)6-11-4-13(16)5-12-8-20-9-21-15(11)12/h4-5,10H,6-9H2,1-3H3. The van der Waals surface area contributed by atoms with Gasteiger partial charge in [0.2, 0.25) is 0 Å². The zero-order valence-electron chi connectivity index (χ0n) is 12.5. The molecule has 0 N–H and O–H groups in total. The fourth-order valence-corrected chi connectivity index (χ4v) is 2.51. The predicted molar refractivity (Wildman–Crippen MR) is 79.3 cm³/mol. The highest BCUT2D eigenvalue weighted by Crippen LogP contribution is 2.32. The first-order chi connectivity index (χ1) is 10.0. The molecule has 0 aliphatic carbocycles. The Morgan fingerprint density at radius 3 is 2.90 bits per heavy atom. The fourth-order valence-electron chi connectivity index (χ4n) is 2.24. The van der Waals surface area contributed by atoms with Gasteiger partial charge in [-0.05, 0) is 26.0 Å². The van der Waals surface area contributed by atoms with Crippen LogP contribution in [0.3, 0.4) is 0 Å². The minimum Gasteiger partial charge on any atom is -0.468 e. The summed E-state index contributed by atoms with van der Waals surface area (Å²) in [5.74, 6) is 0.546. The lowest BCUT2D eigenvalue weighted by Gasteiger charge is -2.28. The van der Waals surface area contributed by atoms with Gasteiger partial charge in [0.25, 0.3) is 0 Å². The maximum atomic E-state index is 11.5. The zero-order valence-corrected chi connectivity index (χ0v) is 13.3. The van der Waals surface area contributed by atoms with Crippen molar-refractivity contribution >= 4 is 17.6 Å². The van der Waals surface area contributed by atoms with Crippen molar-refractivity contribution in [3.05, 3.63) is 28.3 Å². The summed E-state index contributed by atoms with van der Waals surface area (Å²) in [6.45, 7) is 5.58. The Labute approximate surface area is 129 Å². The van der Waals surface area contributed by atoms with Crippen LogP contribution in [0.2, 0.25) is 5.02 Å². The number of methoxy groups -OCH3 is 1. The number of esters is 1. The second-order valence-corrected chi connectivity index (χ2v) is 5.68. The molecule has 5 nitrogen and oxygen atoms in total. The van der Waals surface area contributed by atoms with E-state index in [1.54, 1.807) is 0 Å². The van der Waals surface area contributed by atoms with E-state index in [1.807, 2.05) is 30.9 Å². The second-order valence-electron chi connectivity index (χ2n) is 5.24. The highest BCUT2D eigenvalue weighted by Gasteiger charge is 2.21. The molecule has 0 fully saturated rings. The molecule has 1 aromatic rings. The molecule has 0 bridgehead atoms. The van der Waals surface area contributed by atoms with Crippen molar-refractivity contribution in [2.45, 2.75) is 33.0 Å². The molecule has 21 heavy (non-hydrogen) atoms. The van der Waals surface area contributed by atoms with Crippen LogP contribution in [-0.4, -0.2) is 37.4 Å². The van der Waals surface area contributed by atoms with Crippen LogP contribution in [0.1, 0.15) is 25.0 Å². The van der Waals surface area contributed by atoms with E-state index in [1.165, 1.54) is 7.11 Å². The second kappa shape index (κ2) is 7.11. The predicted octanol–water partition coefficient (Wildman–Crippen LogP) is 2.59. The summed E-state index contributed by atoms with van der Waals surface area (Å²) in [5, 5.41) is 0.639. The third-order valence-corrected chi connectivity index (χ3v) is 3.63. The van der Waals surface area contributed by atoms with Crippen LogP contribution in [0.25, 0.3) is 0 Å². The summed E-state index contributed by atoms with van der Waals surface area (Å²) in [7, 11) is 1.39. The highest BCUT2D eigenvalue weighted by molar-refractivity contribution is 6.30. The van der Waals surface area contributed by atoms with Gasteiger partial charge in [0.1, 0.15) is 5.75 Å². The number of halogens is 1. The van der Waals surface area contributed by atoms with Crippen LogP contribution in [-0.2, 0) is 27.4 Å². The van der Waals surface area contributed by atoms with E-state index in [4.69, 9.17) is 25.8 Å². The van der Waals surface area contributed by atoms with Gasteiger partial charge in [-0.25, -0.2) is 0 Å². The molecule has 0 radical (unpaired) electrons. The van der Waals surface area contributed by atoms with Crippen molar-refractivity contribution in [2.24, 2.45) is 0 Å². The minimum absolute atomic E-state index is 0.193. The van der Waals surface area contributed by atoms with E-state index in [-0.39, 0.29) is 25.3 Å². The Morgan fingerprint density at radius 1 is 1.48 bits per heavy atom. The van der Waals surface area contributed by atoms with Crippen LogP contribution in [0, 0.1) is 0 Å². The first-order valence-electron chi connectivity index (χ1n) is 6.84. The fraction of sp³-hybridized carbons (Fsp3) is 0.533. The molecule has 0 spiro atoms. The lowest BCUT2D eigenvalue weighted by molar-refractivity contribution is -0.142. The maximum absolute atomic E-state index is 11.5. The third-order valence-electron chi connectivity index (χ3n) is 3.42. The van der Waals surface area contributed by atoms with Gasteiger partial charge in [-0.1, -0.05) is 11.6 Å². The number of fused-ring (bicyclic) bond motifs is 1. The van der Waals surface area contributed by atoms with Gasteiger partial charge in [0, 0.05) is 28.7 Å². The molecule has 0 saturated carbocycles. The van der Waals surface area contributed by atoms with E-state index in [0.717, 1.165) is 16.9 Å². The van der Waals surface area contributed by atoms with E-state index in [0.29, 0.717) is 18.2 Å². The van der Waals surface area contributed by atoms with Gasteiger partial charge in [-0.3, -0.25) is 9.69 Å². The van der Waals surface area contributed by atoms with Crippen molar-refractivity contribution in [1.82, 2.24) is 4.90 Å². The summed E-state index contributed by atoms with van der Waals surface area (Å²) >= 11 is 6.16. The summed E-state index contributed by atoms with van der Waals surface area (Å²) < 4.78 is 15.6. The molecule has 0 saturated heterocycles. The Hall–Kier alpha value is -1.30. The molecule has 0 unspecified atom stereocenters. The molecular weight excluding hydrogens is 294 g/mol. The van der Waals surface area contributed by atoms with Crippen LogP contribution in [0.15, 0.2) is 12.1 Å². The Morgan fingerprint density at radius 2 is 2.24 bits per heavy atom. The number of hydrogen-bond donors (Lipinski definition) is 0. The van der Waals surface area contributed by atoms with Crippen molar-refractivity contribution in [3.8, 4) is 5.75 Å². The number of carbonyl (C=O) groups is 1. The Balaban J connectivity index is 2.23. The van der Waals surface area contributed by atoms with Gasteiger partial charge >= 0.3 is 5.97 Å². The minimum atomic E-state index is -0.260. The van der Waals surface area contributed by atoms with Gasteiger partial charge in [-0.15, -0.1) is 0 Å². The van der Waals surface area contributed by atoms with Crippen LogP contribution < -0.4 is 4.74 Å². The summed E-state index contributed by atoms with van der Waals surface area (Å²) in [6.07, 6.45) is 0. The zero-order chi connectivity index (χ0) is 15.4. The van der Waals surface area contributed by atoms with Crippen LogP contribution in [0.4, 0.5) is 0 Å². The van der Waals surface area contributed by atoms with Gasteiger partial charge < -0.3 is 14.2 Å². The monoisotopic (exact) mass is 313 g/mol. The number of hydrogen-bond acceptors (Lipinski definition) is 5. The molecule has 1 heterocycles. The van der Waals surface area contributed by atoms with E-state index in [9.17, 15) is 4.79 Å².